The maximum absolute atomic E-state index is 13.1. The predicted octanol–water partition coefficient (Wildman–Crippen LogP) is 0.0293. The molecule has 0 aliphatic heterocycles. The Bertz CT molecular complexity index is 802. The van der Waals surface area contributed by atoms with Crippen LogP contribution >= 0.6 is 0 Å². The molecule has 0 atom stereocenters. The minimum absolute atomic E-state index is 0. The summed E-state index contributed by atoms with van der Waals surface area (Å²) in [6.45, 7) is 0. The van der Waals surface area contributed by atoms with Crippen molar-refractivity contribution >= 4 is 3.21 Å². The summed E-state index contributed by atoms with van der Waals surface area (Å²) < 4.78 is 27.9. The zero-order chi connectivity index (χ0) is 18.4. The fourth-order valence-electron chi connectivity index (χ4n) is 3.15. The van der Waals surface area contributed by atoms with Gasteiger partial charge in [-0.3, -0.25) is 4.39 Å². The van der Waals surface area contributed by atoms with Crippen LogP contribution in [0.4, 0.5) is 8.78 Å². The minimum Gasteiger partial charge on any atom is -0.214 e. The van der Waals surface area contributed by atoms with Crippen molar-refractivity contribution in [3.8, 4) is 11.1 Å². The number of hydrogen-bond donors (Lipinski definition) is 0. The first-order chi connectivity index (χ1) is 12.6. The molecule has 0 N–H and O–H groups in total. The molecular formula is C23H20Cl2F2Zr-2. The maximum atomic E-state index is 13.1. The van der Waals surface area contributed by atoms with Gasteiger partial charge in [-0.1, -0.05) is 11.6 Å². The quantitative estimate of drug-likeness (QED) is 0.302. The molecule has 5 heteroatoms. The van der Waals surface area contributed by atoms with E-state index in [1.54, 1.807) is 33.5 Å². The Kier molecular flexibility index (Phi) is 11.2. The van der Waals surface area contributed by atoms with E-state index in [4.69, 9.17) is 0 Å². The van der Waals surface area contributed by atoms with Gasteiger partial charge < -0.3 is 24.8 Å². The third-order valence-electron chi connectivity index (χ3n) is 4.48. The second-order valence-electron chi connectivity index (χ2n) is 6.46. The molecule has 28 heavy (non-hydrogen) atoms. The Balaban J connectivity index is 0.000000252. The van der Waals surface area contributed by atoms with Gasteiger partial charge in [0.25, 0.3) is 0 Å². The van der Waals surface area contributed by atoms with Crippen LogP contribution in [0.3, 0.4) is 0 Å². The largest absolute Gasteiger partial charge is 0.214 e. The molecule has 0 unspecified atom stereocenters. The SMILES string of the molecule is Fc1c[c-]c2c(c1)-c1cc(F)ccc1C2.[Cl-].[Cl-].[Zr+2]=[C]1CCCC1.c1cc[cH-]c1. The second kappa shape index (κ2) is 12.5. The molecule has 5 rings (SSSR count). The minimum atomic E-state index is -0.328. The molecule has 0 bridgehead atoms. The van der Waals surface area contributed by atoms with Gasteiger partial charge in [-0.25, -0.2) is 16.5 Å². The summed E-state index contributed by atoms with van der Waals surface area (Å²) in [5.41, 5.74) is 3.54. The van der Waals surface area contributed by atoms with Gasteiger partial charge in [-0.05, 0) is 24.1 Å². The Morgan fingerprint density at radius 1 is 0.893 bits per heavy atom. The first-order valence-corrected chi connectivity index (χ1v) is 10.1. The molecule has 2 aliphatic carbocycles. The average molecular weight is 497 g/mol. The number of hydrogen-bond acceptors (Lipinski definition) is 0. The van der Waals surface area contributed by atoms with Gasteiger partial charge in [-0.2, -0.15) is 24.3 Å². The van der Waals surface area contributed by atoms with Crippen LogP contribution in [0.15, 0.2) is 60.7 Å². The van der Waals surface area contributed by atoms with Gasteiger partial charge in [-0.15, -0.1) is 23.3 Å². The molecule has 0 amide bonds. The van der Waals surface area contributed by atoms with Crippen molar-refractivity contribution in [2.75, 3.05) is 0 Å². The van der Waals surface area contributed by atoms with Gasteiger partial charge in [0.2, 0.25) is 0 Å². The first kappa shape index (κ1) is 25.0. The van der Waals surface area contributed by atoms with Crippen LogP contribution < -0.4 is 24.8 Å². The molecule has 0 nitrogen and oxygen atoms in total. The van der Waals surface area contributed by atoms with Crippen molar-refractivity contribution in [2.24, 2.45) is 0 Å². The van der Waals surface area contributed by atoms with Crippen LogP contribution in [-0.4, -0.2) is 3.21 Å². The van der Waals surface area contributed by atoms with Gasteiger partial charge in [0.05, 0.1) is 0 Å². The standard InChI is InChI=1S/C13H7F2.C5H8.C5H5.2ClH.Zr/c14-10-3-1-8-5-9-2-4-11(15)7-13(9)12(8)6-10;2*1-2-4-5-3-1;;;/h1,3-4,6-7H,5H2;1-4H2;1-5H;2*1H;/q-1;;-1;;;+2/p-2. The fourth-order valence-corrected chi connectivity index (χ4v) is 4.02. The van der Waals surface area contributed by atoms with E-state index < -0.39 is 0 Å². The molecule has 1 fully saturated rings. The number of benzene rings is 2. The van der Waals surface area contributed by atoms with E-state index >= 15 is 0 Å². The third-order valence-corrected chi connectivity index (χ3v) is 5.71. The molecule has 1 saturated carbocycles. The van der Waals surface area contributed by atoms with Crippen LogP contribution in [0.1, 0.15) is 36.8 Å². The zero-order valence-corrected chi connectivity index (χ0v) is 19.3. The van der Waals surface area contributed by atoms with E-state index in [0.29, 0.717) is 6.42 Å². The maximum Gasteiger partial charge on any atom is -0.172 e. The molecule has 0 aromatic heterocycles. The van der Waals surface area contributed by atoms with Crippen molar-refractivity contribution in [3.63, 3.8) is 0 Å². The van der Waals surface area contributed by atoms with Crippen molar-refractivity contribution in [1.82, 2.24) is 0 Å². The van der Waals surface area contributed by atoms with E-state index in [1.165, 1.54) is 49.9 Å². The second-order valence-corrected chi connectivity index (χ2v) is 8.20. The van der Waals surface area contributed by atoms with Crippen LogP contribution in [0.5, 0.6) is 0 Å². The molecular weight excluding hydrogens is 476 g/mol. The first-order valence-electron chi connectivity index (χ1n) is 8.85. The molecule has 2 aliphatic rings. The summed E-state index contributed by atoms with van der Waals surface area (Å²) in [5.74, 6) is -0.614. The van der Waals surface area contributed by atoms with Crippen LogP contribution in [-0.2, 0) is 30.7 Å². The zero-order valence-electron chi connectivity index (χ0n) is 15.3. The summed E-state index contributed by atoms with van der Waals surface area (Å²) in [6, 6.07) is 20.3. The average Bonchev–Trinajstić information content (AvgIpc) is 3.38. The monoisotopic (exact) mass is 494 g/mol. The van der Waals surface area contributed by atoms with E-state index in [-0.39, 0.29) is 36.4 Å². The Hall–Kier alpha value is -1.02. The van der Waals surface area contributed by atoms with Gasteiger partial charge in [0.15, 0.2) is 0 Å². The Labute approximate surface area is 192 Å². The third kappa shape index (κ3) is 7.10. The molecule has 0 spiro atoms. The van der Waals surface area contributed by atoms with Gasteiger partial charge >= 0.3 is 53.1 Å². The Morgan fingerprint density at radius 2 is 1.54 bits per heavy atom. The summed E-state index contributed by atoms with van der Waals surface area (Å²) in [4.78, 5) is 0. The summed E-state index contributed by atoms with van der Waals surface area (Å²) >= 11 is 1.68. The van der Waals surface area contributed by atoms with Crippen LogP contribution in [0.2, 0.25) is 0 Å². The molecule has 3 aromatic rings. The van der Waals surface area contributed by atoms with Crippen molar-refractivity contribution < 1.29 is 57.8 Å². The van der Waals surface area contributed by atoms with Crippen LogP contribution in [0.25, 0.3) is 11.1 Å². The number of fused-ring (bicyclic) bond motifs is 3. The molecule has 146 valence electrons. The number of halogens is 4. The normalized spacial score (nSPS) is 12.9. The van der Waals surface area contributed by atoms with Gasteiger partial charge in [0, 0.05) is 5.82 Å². The smallest absolute Gasteiger partial charge is 0.172 e. The topological polar surface area (TPSA) is 0 Å². The van der Waals surface area contributed by atoms with E-state index in [0.717, 1.165) is 22.3 Å². The Morgan fingerprint density at radius 3 is 2.07 bits per heavy atom. The predicted molar refractivity (Wildman–Crippen MR) is 98.9 cm³/mol. The molecule has 0 saturated heterocycles. The summed E-state index contributed by atoms with van der Waals surface area (Å²) in [5, 5.41) is 0. The van der Waals surface area contributed by atoms with E-state index in [2.05, 4.69) is 6.07 Å². The summed E-state index contributed by atoms with van der Waals surface area (Å²) in [7, 11) is 0. The molecule has 3 aromatic carbocycles. The van der Waals surface area contributed by atoms with Crippen molar-refractivity contribution in [1.29, 1.82) is 0 Å². The van der Waals surface area contributed by atoms with Crippen LogP contribution in [0, 0.1) is 17.7 Å². The molecule has 0 heterocycles. The van der Waals surface area contributed by atoms with E-state index in [9.17, 15) is 8.78 Å². The summed E-state index contributed by atoms with van der Waals surface area (Å²) in [6.07, 6.45) is 6.54. The van der Waals surface area contributed by atoms with Crippen molar-refractivity contribution in [2.45, 2.75) is 32.1 Å². The fraction of sp³-hybridized carbons (Fsp3) is 0.217. The number of rotatable bonds is 0. The van der Waals surface area contributed by atoms with Gasteiger partial charge in [0.1, 0.15) is 5.82 Å². The molecule has 0 radical (unpaired) electrons. The van der Waals surface area contributed by atoms with E-state index in [1.807, 2.05) is 30.3 Å². The van der Waals surface area contributed by atoms with Crippen molar-refractivity contribution in [3.05, 3.63) is 89.5 Å².